The van der Waals surface area contributed by atoms with Crippen LogP contribution < -0.4 is 15.0 Å². The molecule has 2 amide bonds. The summed E-state index contributed by atoms with van der Waals surface area (Å²) in [7, 11) is 0. The Labute approximate surface area is 204 Å². The van der Waals surface area contributed by atoms with Gasteiger partial charge in [-0.3, -0.25) is 4.90 Å². The molecule has 1 atom stereocenters. The van der Waals surface area contributed by atoms with Gasteiger partial charge < -0.3 is 15.2 Å². The fraction of sp³-hybridized carbons (Fsp3) is 0.103. The van der Waals surface area contributed by atoms with E-state index in [9.17, 15) is 14.7 Å². The van der Waals surface area contributed by atoms with Crippen LogP contribution in [0, 0.1) is 0 Å². The molecule has 4 aromatic carbocycles. The Morgan fingerprint density at radius 3 is 1.91 bits per heavy atom. The Morgan fingerprint density at radius 2 is 1.31 bits per heavy atom. The Balaban J connectivity index is 1.52. The van der Waals surface area contributed by atoms with Crippen LogP contribution >= 0.6 is 0 Å². The highest BCUT2D eigenvalue weighted by Crippen LogP contribution is 2.23. The van der Waals surface area contributed by atoms with Crippen LogP contribution in [0.2, 0.25) is 0 Å². The quantitative estimate of drug-likeness (QED) is 0.317. The normalized spacial score (nSPS) is 11.3. The molecule has 0 fully saturated rings. The van der Waals surface area contributed by atoms with Crippen LogP contribution in [0.4, 0.5) is 16.2 Å². The van der Waals surface area contributed by atoms with E-state index in [4.69, 9.17) is 4.74 Å². The molecule has 6 nitrogen and oxygen atoms in total. The van der Waals surface area contributed by atoms with E-state index in [1.165, 1.54) is 4.90 Å². The third kappa shape index (κ3) is 6.48. The van der Waals surface area contributed by atoms with Gasteiger partial charge in [0.05, 0.1) is 0 Å². The predicted molar refractivity (Wildman–Crippen MR) is 137 cm³/mol. The average Bonchev–Trinajstić information content (AvgIpc) is 2.89. The van der Waals surface area contributed by atoms with Crippen molar-refractivity contribution in [3.8, 4) is 5.75 Å². The molecule has 0 spiro atoms. The molecule has 4 aromatic rings. The van der Waals surface area contributed by atoms with Gasteiger partial charge in [-0.1, -0.05) is 78.9 Å². The van der Waals surface area contributed by atoms with Crippen LogP contribution in [-0.2, 0) is 17.8 Å². The number of carbonyl (C=O) groups is 2. The molecule has 2 N–H and O–H groups in total. The second kappa shape index (κ2) is 11.5. The van der Waals surface area contributed by atoms with Gasteiger partial charge in [-0.05, 0) is 47.5 Å². The summed E-state index contributed by atoms with van der Waals surface area (Å²) in [5.74, 6) is -0.410. The SMILES string of the molecule is O=C(O)C(Cc1ccc(OCc2ccccc2)cc1)N(C(=O)Nc1ccccc1)c1ccccc1. The second-order valence-electron chi connectivity index (χ2n) is 7.98. The van der Waals surface area contributed by atoms with Gasteiger partial charge in [0, 0.05) is 17.8 Å². The molecule has 35 heavy (non-hydrogen) atoms. The smallest absolute Gasteiger partial charge is 0.327 e. The maximum absolute atomic E-state index is 13.3. The van der Waals surface area contributed by atoms with E-state index >= 15 is 0 Å². The van der Waals surface area contributed by atoms with E-state index in [2.05, 4.69) is 5.32 Å². The standard InChI is InChI=1S/C29H26N2O4/c32-28(33)27(20-22-16-18-26(19-17-22)35-21-23-10-4-1-5-11-23)31(25-14-8-3-9-15-25)29(34)30-24-12-6-2-7-13-24/h1-19,27H,20-21H2,(H,30,34)(H,32,33). The lowest BCUT2D eigenvalue weighted by Gasteiger charge is -2.29. The van der Waals surface area contributed by atoms with Crippen molar-refractivity contribution >= 4 is 23.4 Å². The molecule has 0 saturated heterocycles. The first kappa shape index (κ1) is 23.6. The molecule has 0 aromatic heterocycles. The third-order valence-electron chi connectivity index (χ3n) is 5.48. The number of nitrogens with zero attached hydrogens (tertiary/aromatic N) is 1. The van der Waals surface area contributed by atoms with Crippen LogP contribution in [0.25, 0.3) is 0 Å². The summed E-state index contributed by atoms with van der Waals surface area (Å²) in [5.41, 5.74) is 2.92. The molecule has 0 aliphatic heterocycles. The van der Waals surface area contributed by atoms with Crippen molar-refractivity contribution in [2.75, 3.05) is 10.2 Å². The van der Waals surface area contributed by atoms with Crippen molar-refractivity contribution < 1.29 is 19.4 Å². The number of rotatable bonds is 9. The predicted octanol–water partition coefficient (Wildman–Crippen LogP) is 6.00. The zero-order valence-corrected chi connectivity index (χ0v) is 19.1. The molecule has 0 aliphatic carbocycles. The fourth-order valence-corrected chi connectivity index (χ4v) is 3.71. The van der Waals surface area contributed by atoms with E-state index in [1.807, 2.05) is 66.7 Å². The molecule has 0 bridgehead atoms. The van der Waals surface area contributed by atoms with Crippen LogP contribution in [0.3, 0.4) is 0 Å². The summed E-state index contributed by atoms with van der Waals surface area (Å²) < 4.78 is 5.83. The van der Waals surface area contributed by atoms with Gasteiger partial charge in [-0.2, -0.15) is 0 Å². The summed E-state index contributed by atoms with van der Waals surface area (Å²) in [4.78, 5) is 26.9. The third-order valence-corrected chi connectivity index (χ3v) is 5.48. The lowest BCUT2D eigenvalue weighted by Crippen LogP contribution is -2.48. The summed E-state index contributed by atoms with van der Waals surface area (Å²) in [6, 6.07) is 33.3. The molecule has 6 heteroatoms. The molecule has 0 radical (unpaired) electrons. The number of anilines is 2. The number of ether oxygens (including phenoxy) is 1. The van der Waals surface area contributed by atoms with E-state index in [0.29, 0.717) is 23.7 Å². The molecule has 0 heterocycles. The lowest BCUT2D eigenvalue weighted by atomic mass is 10.0. The van der Waals surface area contributed by atoms with Gasteiger partial charge in [0.25, 0.3) is 0 Å². The highest BCUT2D eigenvalue weighted by Gasteiger charge is 2.31. The van der Waals surface area contributed by atoms with E-state index < -0.39 is 18.0 Å². The first-order valence-corrected chi connectivity index (χ1v) is 11.3. The van der Waals surface area contributed by atoms with Gasteiger partial charge >= 0.3 is 12.0 Å². The maximum atomic E-state index is 13.3. The Morgan fingerprint density at radius 1 is 0.743 bits per heavy atom. The Bertz CT molecular complexity index is 1230. The van der Waals surface area contributed by atoms with Crippen LogP contribution in [0.1, 0.15) is 11.1 Å². The first-order valence-electron chi connectivity index (χ1n) is 11.3. The Hall–Kier alpha value is -4.58. The number of carboxylic acids is 1. The first-order chi connectivity index (χ1) is 17.1. The Kier molecular flexibility index (Phi) is 7.76. The molecular weight excluding hydrogens is 440 g/mol. The number of hydrogen-bond donors (Lipinski definition) is 2. The average molecular weight is 467 g/mol. The van der Waals surface area contributed by atoms with E-state index in [-0.39, 0.29) is 6.42 Å². The number of aliphatic carboxylic acids is 1. The minimum absolute atomic E-state index is 0.130. The summed E-state index contributed by atoms with van der Waals surface area (Å²) in [5, 5.41) is 12.9. The van der Waals surface area contributed by atoms with Gasteiger partial charge in [0.2, 0.25) is 0 Å². The summed E-state index contributed by atoms with van der Waals surface area (Å²) >= 11 is 0. The second-order valence-corrected chi connectivity index (χ2v) is 7.98. The molecule has 0 aliphatic rings. The van der Waals surface area contributed by atoms with Gasteiger partial charge in [-0.15, -0.1) is 0 Å². The molecule has 1 unspecified atom stereocenters. The number of urea groups is 1. The monoisotopic (exact) mass is 466 g/mol. The summed E-state index contributed by atoms with van der Waals surface area (Å²) in [6.45, 7) is 0.444. The molecule has 0 saturated carbocycles. The van der Waals surface area contributed by atoms with Crippen molar-refractivity contribution in [3.05, 3.63) is 126 Å². The zero-order chi connectivity index (χ0) is 24.5. The summed E-state index contributed by atoms with van der Waals surface area (Å²) in [6.07, 6.45) is 0.130. The largest absolute Gasteiger partial charge is 0.489 e. The van der Waals surface area contributed by atoms with Gasteiger partial charge in [-0.25, -0.2) is 9.59 Å². The highest BCUT2D eigenvalue weighted by molar-refractivity contribution is 6.05. The minimum Gasteiger partial charge on any atom is -0.489 e. The number of carboxylic acid groups (broad SMARTS) is 1. The number of nitrogens with one attached hydrogen (secondary N) is 1. The number of amides is 2. The van der Waals surface area contributed by atoms with Gasteiger partial charge in [0.1, 0.15) is 18.4 Å². The van der Waals surface area contributed by atoms with Crippen LogP contribution in [0.15, 0.2) is 115 Å². The maximum Gasteiger partial charge on any atom is 0.327 e. The van der Waals surface area contributed by atoms with Crippen molar-refractivity contribution in [1.29, 1.82) is 0 Å². The topological polar surface area (TPSA) is 78.9 Å². The minimum atomic E-state index is -1.11. The van der Waals surface area contributed by atoms with E-state index in [1.54, 1.807) is 48.5 Å². The molecular formula is C29H26N2O4. The van der Waals surface area contributed by atoms with Crippen molar-refractivity contribution in [2.45, 2.75) is 19.1 Å². The number of para-hydroxylation sites is 2. The van der Waals surface area contributed by atoms with Gasteiger partial charge in [0.15, 0.2) is 0 Å². The molecule has 4 rings (SSSR count). The highest BCUT2D eigenvalue weighted by atomic mass is 16.5. The van der Waals surface area contributed by atoms with Crippen molar-refractivity contribution in [2.24, 2.45) is 0 Å². The number of carbonyl (C=O) groups excluding carboxylic acids is 1. The molecule has 176 valence electrons. The van der Waals surface area contributed by atoms with E-state index in [0.717, 1.165) is 11.1 Å². The lowest BCUT2D eigenvalue weighted by molar-refractivity contribution is -0.138. The van der Waals surface area contributed by atoms with Crippen molar-refractivity contribution in [1.82, 2.24) is 0 Å². The number of hydrogen-bond acceptors (Lipinski definition) is 3. The van der Waals surface area contributed by atoms with Crippen molar-refractivity contribution in [3.63, 3.8) is 0 Å². The fourth-order valence-electron chi connectivity index (χ4n) is 3.71. The number of benzene rings is 4. The van der Waals surface area contributed by atoms with Crippen LogP contribution in [0.5, 0.6) is 5.75 Å². The zero-order valence-electron chi connectivity index (χ0n) is 19.1. The van der Waals surface area contributed by atoms with Crippen LogP contribution in [-0.4, -0.2) is 23.1 Å².